The van der Waals surface area contributed by atoms with Crippen molar-refractivity contribution in [2.24, 2.45) is 5.92 Å². The van der Waals surface area contributed by atoms with Crippen molar-refractivity contribution in [2.45, 2.75) is 6.04 Å². The van der Waals surface area contributed by atoms with Crippen molar-refractivity contribution >= 4 is 15.9 Å². The van der Waals surface area contributed by atoms with Gasteiger partial charge in [-0.25, -0.2) is 17.7 Å². The van der Waals surface area contributed by atoms with Gasteiger partial charge >= 0.3 is 0 Å². The van der Waals surface area contributed by atoms with E-state index < -0.39 is 10.0 Å². The Morgan fingerprint density at radius 1 is 1.55 bits per heavy atom. The molecule has 1 aliphatic heterocycles. The summed E-state index contributed by atoms with van der Waals surface area (Å²) in [7, 11) is -0.350. The highest BCUT2D eigenvalue weighted by molar-refractivity contribution is 7.89. The zero-order chi connectivity index (χ0) is 14.8. The molecule has 1 aromatic rings. The Balaban J connectivity index is 1.99. The molecule has 1 amide bonds. The maximum Gasteiger partial charge on any atom is 0.287 e. The molecule has 2 heterocycles. The molecule has 0 spiro atoms. The maximum atomic E-state index is 11.9. The first-order chi connectivity index (χ1) is 9.40. The van der Waals surface area contributed by atoms with Crippen LogP contribution < -0.4 is 5.32 Å². The van der Waals surface area contributed by atoms with E-state index in [1.165, 1.54) is 24.6 Å². The Kier molecular flexibility index (Phi) is 4.41. The third-order valence-corrected chi connectivity index (χ3v) is 5.17. The van der Waals surface area contributed by atoms with E-state index in [0.717, 1.165) is 0 Å². The maximum absolute atomic E-state index is 11.9. The van der Waals surface area contributed by atoms with Gasteiger partial charge in [-0.1, -0.05) is 0 Å². The van der Waals surface area contributed by atoms with Crippen LogP contribution in [-0.2, 0) is 14.8 Å². The van der Waals surface area contributed by atoms with Crippen LogP contribution in [0.1, 0.15) is 10.6 Å². The summed E-state index contributed by atoms with van der Waals surface area (Å²) < 4.78 is 30.2. The third-order valence-electron chi connectivity index (χ3n) is 3.21. The number of nitrogens with zero attached hydrogens (tertiary/aromatic N) is 2. The molecule has 0 saturated carbocycles. The molecule has 1 aromatic heterocycles. The number of carbonyl (C=O) groups excluding carboxylic acids is 1. The van der Waals surface area contributed by atoms with E-state index in [1.807, 2.05) is 0 Å². The normalized spacial score (nSPS) is 23.1. The van der Waals surface area contributed by atoms with Crippen LogP contribution in [0, 0.1) is 5.92 Å². The summed E-state index contributed by atoms with van der Waals surface area (Å²) in [5.41, 5.74) is 0. The number of sulfonamides is 1. The molecule has 1 saturated heterocycles. The number of rotatable bonds is 5. The van der Waals surface area contributed by atoms with E-state index in [1.54, 1.807) is 6.20 Å². The molecule has 9 heteroatoms. The van der Waals surface area contributed by atoms with Gasteiger partial charge in [-0.3, -0.25) is 4.79 Å². The highest BCUT2D eigenvalue weighted by Gasteiger charge is 2.34. The van der Waals surface area contributed by atoms with Gasteiger partial charge in [-0.2, -0.15) is 0 Å². The minimum Gasteiger partial charge on any atom is -0.379 e. The molecular weight excluding hydrogens is 284 g/mol. The molecule has 0 unspecified atom stereocenters. The first-order valence-corrected chi connectivity index (χ1v) is 7.79. The lowest BCUT2D eigenvalue weighted by molar-refractivity contribution is 0.0916. The van der Waals surface area contributed by atoms with Crippen molar-refractivity contribution in [3.8, 4) is 0 Å². The summed E-state index contributed by atoms with van der Waals surface area (Å²) in [6.07, 6.45) is 3.03. The average Bonchev–Trinajstić information content (AvgIpc) is 3.00. The lowest BCUT2D eigenvalue weighted by atomic mass is 10.1. The van der Waals surface area contributed by atoms with Crippen LogP contribution in [0.15, 0.2) is 12.4 Å². The standard InChI is InChI=1S/C11H18N4O4S/c1-15(2)20(17,18)7-8-5-19-6-9(8)14-11(16)10-12-3-4-13-10/h3-4,8-9H,5-7H2,1-2H3,(H,12,13)(H,14,16)/t8-,9-/m0/s1. The Morgan fingerprint density at radius 3 is 2.90 bits per heavy atom. The molecule has 0 aliphatic carbocycles. The quantitative estimate of drug-likeness (QED) is 0.729. The Hall–Kier alpha value is -1.45. The number of hydrogen-bond acceptors (Lipinski definition) is 5. The number of imidazole rings is 1. The van der Waals surface area contributed by atoms with Gasteiger partial charge in [0.2, 0.25) is 10.0 Å². The first-order valence-electron chi connectivity index (χ1n) is 6.18. The van der Waals surface area contributed by atoms with E-state index >= 15 is 0 Å². The fourth-order valence-electron chi connectivity index (χ4n) is 1.97. The number of H-pyrrole nitrogens is 1. The summed E-state index contributed by atoms with van der Waals surface area (Å²) in [5, 5.41) is 2.75. The number of ether oxygens (including phenoxy) is 1. The van der Waals surface area contributed by atoms with Crippen LogP contribution in [0.25, 0.3) is 0 Å². The largest absolute Gasteiger partial charge is 0.379 e. The molecule has 8 nitrogen and oxygen atoms in total. The van der Waals surface area contributed by atoms with E-state index in [9.17, 15) is 13.2 Å². The van der Waals surface area contributed by atoms with Crippen LogP contribution in [0.5, 0.6) is 0 Å². The van der Waals surface area contributed by atoms with Crippen molar-refractivity contribution in [2.75, 3.05) is 33.1 Å². The Labute approximate surface area is 117 Å². The second kappa shape index (κ2) is 5.90. The zero-order valence-corrected chi connectivity index (χ0v) is 12.2. The van der Waals surface area contributed by atoms with Crippen molar-refractivity contribution in [3.05, 3.63) is 18.2 Å². The molecule has 2 N–H and O–H groups in total. The fourth-order valence-corrected chi connectivity index (χ4v) is 3.14. The average molecular weight is 302 g/mol. The monoisotopic (exact) mass is 302 g/mol. The number of nitrogens with one attached hydrogen (secondary N) is 2. The molecule has 0 aromatic carbocycles. The van der Waals surface area contributed by atoms with Crippen LogP contribution in [0.4, 0.5) is 0 Å². The van der Waals surface area contributed by atoms with Gasteiger partial charge in [0.05, 0.1) is 25.0 Å². The SMILES string of the molecule is CN(C)S(=O)(=O)C[C@@H]1COC[C@@H]1NC(=O)c1ncc[nH]1. The van der Waals surface area contributed by atoms with Gasteiger partial charge < -0.3 is 15.0 Å². The summed E-state index contributed by atoms with van der Waals surface area (Å²) >= 11 is 0. The van der Waals surface area contributed by atoms with Crippen molar-refractivity contribution in [1.82, 2.24) is 19.6 Å². The third kappa shape index (κ3) is 3.35. The predicted octanol–water partition coefficient (Wildman–Crippen LogP) is -0.954. The first kappa shape index (κ1) is 14.9. The number of amides is 1. The lowest BCUT2D eigenvalue weighted by Crippen LogP contribution is -2.43. The summed E-state index contributed by atoms with van der Waals surface area (Å²) in [5.74, 6) is -0.478. The second-order valence-corrected chi connectivity index (χ2v) is 7.10. The summed E-state index contributed by atoms with van der Waals surface area (Å²) in [6, 6.07) is -0.331. The molecule has 1 fully saturated rings. The highest BCUT2D eigenvalue weighted by Crippen LogP contribution is 2.17. The smallest absolute Gasteiger partial charge is 0.287 e. The van der Waals surface area contributed by atoms with Crippen LogP contribution in [-0.4, -0.2) is 67.7 Å². The zero-order valence-electron chi connectivity index (χ0n) is 11.4. The molecule has 0 radical (unpaired) electrons. The summed E-state index contributed by atoms with van der Waals surface area (Å²) in [4.78, 5) is 18.4. The molecule has 2 atom stereocenters. The van der Waals surface area contributed by atoms with Gasteiger partial charge in [0.25, 0.3) is 5.91 Å². The molecule has 1 aliphatic rings. The van der Waals surface area contributed by atoms with Crippen molar-refractivity contribution in [3.63, 3.8) is 0 Å². The number of carbonyl (C=O) groups is 1. The van der Waals surface area contributed by atoms with Crippen molar-refractivity contribution < 1.29 is 17.9 Å². The van der Waals surface area contributed by atoms with Crippen LogP contribution in [0.2, 0.25) is 0 Å². The van der Waals surface area contributed by atoms with Gasteiger partial charge in [0.1, 0.15) is 0 Å². The molecular formula is C11H18N4O4S. The minimum atomic E-state index is -3.33. The van der Waals surface area contributed by atoms with Gasteiger partial charge in [-0.15, -0.1) is 0 Å². The van der Waals surface area contributed by atoms with E-state index in [-0.39, 0.29) is 29.4 Å². The number of aromatic amines is 1. The topological polar surface area (TPSA) is 104 Å². The number of hydrogen-bond donors (Lipinski definition) is 2. The van der Waals surface area contributed by atoms with Gasteiger partial charge in [-0.05, 0) is 0 Å². The molecule has 0 bridgehead atoms. The number of aromatic nitrogens is 2. The molecule has 112 valence electrons. The van der Waals surface area contributed by atoms with Crippen LogP contribution >= 0.6 is 0 Å². The fraction of sp³-hybridized carbons (Fsp3) is 0.636. The second-order valence-electron chi connectivity index (χ2n) is 4.88. The minimum absolute atomic E-state index is 0.0525. The van der Waals surface area contributed by atoms with Gasteiger partial charge in [0.15, 0.2) is 5.82 Å². The van der Waals surface area contributed by atoms with Crippen LogP contribution in [0.3, 0.4) is 0 Å². The predicted molar refractivity (Wildman–Crippen MR) is 71.6 cm³/mol. The molecule has 2 rings (SSSR count). The van der Waals surface area contributed by atoms with E-state index in [4.69, 9.17) is 4.74 Å². The highest BCUT2D eigenvalue weighted by atomic mass is 32.2. The van der Waals surface area contributed by atoms with Crippen molar-refractivity contribution in [1.29, 1.82) is 0 Å². The lowest BCUT2D eigenvalue weighted by Gasteiger charge is -2.20. The van der Waals surface area contributed by atoms with E-state index in [2.05, 4.69) is 15.3 Å². The molecule has 20 heavy (non-hydrogen) atoms. The Bertz CT molecular complexity index is 555. The summed E-state index contributed by atoms with van der Waals surface area (Å²) in [6.45, 7) is 0.621. The van der Waals surface area contributed by atoms with E-state index in [0.29, 0.717) is 13.2 Å². The Morgan fingerprint density at radius 2 is 2.30 bits per heavy atom. The van der Waals surface area contributed by atoms with Gasteiger partial charge in [0, 0.05) is 32.4 Å².